The highest BCUT2D eigenvalue weighted by Gasteiger charge is 2.49. The molecule has 22 heavy (non-hydrogen) atoms. The summed E-state index contributed by atoms with van der Waals surface area (Å²) >= 11 is 0. The van der Waals surface area contributed by atoms with Crippen molar-refractivity contribution < 1.29 is 18.3 Å². The molecule has 1 saturated carbocycles. The molecule has 1 aliphatic heterocycles. The average molecular weight is 314 g/mol. The Labute approximate surface area is 128 Å². The second-order valence-corrected chi connectivity index (χ2v) is 6.74. The molecule has 0 spiro atoms. The van der Waals surface area contributed by atoms with Gasteiger partial charge in [-0.15, -0.1) is 0 Å². The molecule has 1 aromatic rings. The Bertz CT molecular complexity index is 527. The van der Waals surface area contributed by atoms with Gasteiger partial charge in [-0.2, -0.15) is 13.2 Å². The first-order valence-corrected chi connectivity index (χ1v) is 7.76. The summed E-state index contributed by atoms with van der Waals surface area (Å²) in [6.45, 7) is 3.96. The molecule has 122 valence electrons. The van der Waals surface area contributed by atoms with Gasteiger partial charge in [0.15, 0.2) is 0 Å². The van der Waals surface area contributed by atoms with Gasteiger partial charge in [0.25, 0.3) is 0 Å². The van der Waals surface area contributed by atoms with Crippen LogP contribution in [0, 0.1) is 11.8 Å². The zero-order chi connectivity index (χ0) is 16.0. The molecule has 0 bridgehead atoms. The maximum atomic E-state index is 12.5. The molecule has 2 heterocycles. The van der Waals surface area contributed by atoms with Crippen molar-refractivity contribution in [1.29, 1.82) is 0 Å². The number of aromatic nitrogens is 1. The fraction of sp³-hybridized carbons (Fsp3) is 0.688. The zero-order valence-electron chi connectivity index (χ0n) is 12.6. The van der Waals surface area contributed by atoms with Crippen molar-refractivity contribution in [2.75, 3.05) is 13.1 Å². The fourth-order valence-corrected chi connectivity index (χ4v) is 3.63. The fourth-order valence-electron chi connectivity index (χ4n) is 3.63. The molecule has 6 heteroatoms. The number of pyridine rings is 1. The van der Waals surface area contributed by atoms with Crippen molar-refractivity contribution in [1.82, 2.24) is 9.88 Å². The maximum absolute atomic E-state index is 12.5. The molecule has 1 aliphatic carbocycles. The van der Waals surface area contributed by atoms with E-state index in [1.165, 1.54) is 18.7 Å². The molecule has 1 aromatic heterocycles. The SMILES string of the molecule is CC1CN(Cc2ccc(C(F)(F)F)nc2)CC1(O)C1CCC1. The number of alkyl halides is 3. The van der Waals surface area contributed by atoms with Crippen LogP contribution >= 0.6 is 0 Å². The number of rotatable bonds is 3. The van der Waals surface area contributed by atoms with E-state index in [0.717, 1.165) is 31.0 Å². The lowest BCUT2D eigenvalue weighted by Gasteiger charge is -2.41. The summed E-state index contributed by atoms with van der Waals surface area (Å²) in [6, 6.07) is 2.49. The second-order valence-electron chi connectivity index (χ2n) is 6.74. The number of β-amino-alcohol motifs (C(OH)–C–C–N with tert-alkyl or cyclic N) is 1. The Morgan fingerprint density at radius 3 is 2.59 bits per heavy atom. The van der Waals surface area contributed by atoms with Gasteiger partial charge in [0.2, 0.25) is 0 Å². The van der Waals surface area contributed by atoms with Crippen LogP contribution < -0.4 is 0 Å². The minimum atomic E-state index is -4.40. The van der Waals surface area contributed by atoms with Crippen LogP contribution in [0.1, 0.15) is 37.4 Å². The molecule has 1 saturated heterocycles. The van der Waals surface area contributed by atoms with Gasteiger partial charge in [0.05, 0.1) is 5.60 Å². The minimum absolute atomic E-state index is 0.195. The van der Waals surface area contributed by atoms with Gasteiger partial charge < -0.3 is 5.11 Å². The lowest BCUT2D eigenvalue weighted by atomic mass is 9.69. The summed E-state index contributed by atoms with van der Waals surface area (Å²) in [5.41, 5.74) is -0.757. The van der Waals surface area contributed by atoms with Crippen LogP contribution in [0.2, 0.25) is 0 Å². The van der Waals surface area contributed by atoms with Crippen LogP contribution in [0.25, 0.3) is 0 Å². The van der Waals surface area contributed by atoms with Gasteiger partial charge in [-0.05, 0) is 36.3 Å². The summed E-state index contributed by atoms with van der Waals surface area (Å²) in [7, 11) is 0. The molecule has 0 radical (unpaired) electrons. The zero-order valence-corrected chi connectivity index (χ0v) is 12.6. The number of nitrogens with zero attached hydrogens (tertiary/aromatic N) is 2. The smallest absolute Gasteiger partial charge is 0.388 e. The molecular formula is C16H21F3N2O. The lowest BCUT2D eigenvalue weighted by molar-refractivity contribution is -0.141. The van der Waals surface area contributed by atoms with Crippen LogP contribution in [-0.4, -0.2) is 33.7 Å². The van der Waals surface area contributed by atoms with Crippen molar-refractivity contribution in [3.05, 3.63) is 29.6 Å². The van der Waals surface area contributed by atoms with E-state index in [2.05, 4.69) is 16.8 Å². The topological polar surface area (TPSA) is 36.4 Å². The van der Waals surface area contributed by atoms with Gasteiger partial charge in [0.1, 0.15) is 5.69 Å². The van der Waals surface area contributed by atoms with Crippen molar-refractivity contribution >= 4 is 0 Å². The number of hydrogen-bond acceptors (Lipinski definition) is 3. The Morgan fingerprint density at radius 2 is 2.09 bits per heavy atom. The first-order chi connectivity index (χ1) is 10.3. The molecule has 3 rings (SSSR count). The van der Waals surface area contributed by atoms with Crippen LogP contribution in [0.4, 0.5) is 13.2 Å². The van der Waals surface area contributed by atoms with Crippen LogP contribution in [0.3, 0.4) is 0 Å². The van der Waals surface area contributed by atoms with E-state index < -0.39 is 17.5 Å². The first-order valence-electron chi connectivity index (χ1n) is 7.76. The van der Waals surface area contributed by atoms with E-state index in [1.54, 1.807) is 0 Å². The molecule has 1 N–H and O–H groups in total. The number of halogens is 3. The Morgan fingerprint density at radius 1 is 1.36 bits per heavy atom. The van der Waals surface area contributed by atoms with E-state index >= 15 is 0 Å². The second kappa shape index (κ2) is 5.49. The van der Waals surface area contributed by atoms with Crippen LogP contribution in [-0.2, 0) is 12.7 Å². The van der Waals surface area contributed by atoms with E-state index in [9.17, 15) is 18.3 Å². The lowest BCUT2D eigenvalue weighted by Crippen LogP contribution is -2.47. The molecule has 0 aromatic carbocycles. The predicted octanol–water partition coefficient (Wildman–Crippen LogP) is 3.08. The third-order valence-electron chi connectivity index (χ3n) is 5.20. The van der Waals surface area contributed by atoms with Crippen LogP contribution in [0.5, 0.6) is 0 Å². The third-order valence-corrected chi connectivity index (χ3v) is 5.20. The van der Waals surface area contributed by atoms with Gasteiger partial charge in [-0.25, -0.2) is 0 Å². The molecule has 2 unspecified atom stereocenters. The van der Waals surface area contributed by atoms with Gasteiger partial charge in [-0.1, -0.05) is 19.4 Å². The highest BCUT2D eigenvalue weighted by atomic mass is 19.4. The van der Waals surface area contributed by atoms with Gasteiger partial charge >= 0.3 is 6.18 Å². The highest BCUT2D eigenvalue weighted by Crippen LogP contribution is 2.44. The quantitative estimate of drug-likeness (QED) is 0.931. The first kappa shape index (κ1) is 15.7. The average Bonchev–Trinajstić information content (AvgIpc) is 2.62. The summed E-state index contributed by atoms with van der Waals surface area (Å²) < 4.78 is 37.5. The number of hydrogen-bond donors (Lipinski definition) is 1. The standard InChI is InChI=1S/C16H21F3N2O/c1-11-8-21(10-15(11,22)13-3-2-4-13)9-12-5-6-14(20-7-12)16(17,18)19/h5-7,11,13,22H,2-4,8-10H2,1H3. The molecule has 2 fully saturated rings. The Kier molecular flexibility index (Phi) is 3.93. The van der Waals surface area contributed by atoms with Gasteiger partial charge in [0, 0.05) is 25.8 Å². The summed E-state index contributed by atoms with van der Waals surface area (Å²) in [6.07, 6.45) is 0.231. The largest absolute Gasteiger partial charge is 0.433 e. The predicted molar refractivity (Wildman–Crippen MR) is 76.0 cm³/mol. The van der Waals surface area contributed by atoms with Crippen molar-refractivity contribution in [3.8, 4) is 0 Å². The number of aliphatic hydroxyl groups is 1. The van der Waals surface area contributed by atoms with E-state index in [4.69, 9.17) is 0 Å². The van der Waals surface area contributed by atoms with E-state index in [1.807, 2.05) is 0 Å². The Balaban J connectivity index is 1.64. The third kappa shape index (κ3) is 2.86. The van der Waals surface area contributed by atoms with Crippen molar-refractivity contribution in [3.63, 3.8) is 0 Å². The molecule has 3 nitrogen and oxygen atoms in total. The molecule has 2 atom stereocenters. The number of likely N-dealkylation sites (tertiary alicyclic amines) is 1. The van der Waals surface area contributed by atoms with E-state index in [-0.39, 0.29) is 5.92 Å². The highest BCUT2D eigenvalue weighted by molar-refractivity contribution is 5.16. The Hall–Kier alpha value is -1.14. The van der Waals surface area contributed by atoms with E-state index in [0.29, 0.717) is 19.0 Å². The molecular weight excluding hydrogens is 293 g/mol. The van der Waals surface area contributed by atoms with Crippen molar-refractivity contribution in [2.24, 2.45) is 11.8 Å². The monoisotopic (exact) mass is 314 g/mol. The minimum Gasteiger partial charge on any atom is -0.388 e. The summed E-state index contributed by atoms with van der Waals surface area (Å²) in [5, 5.41) is 10.9. The normalized spacial score (nSPS) is 30.5. The van der Waals surface area contributed by atoms with Gasteiger partial charge in [-0.3, -0.25) is 9.88 Å². The molecule has 2 aliphatic rings. The van der Waals surface area contributed by atoms with Crippen molar-refractivity contribution in [2.45, 2.75) is 44.5 Å². The van der Waals surface area contributed by atoms with Crippen LogP contribution in [0.15, 0.2) is 18.3 Å². The summed E-state index contributed by atoms with van der Waals surface area (Å²) in [5.74, 6) is 0.568. The maximum Gasteiger partial charge on any atom is 0.433 e. The molecule has 0 amide bonds. The summed E-state index contributed by atoms with van der Waals surface area (Å²) in [4.78, 5) is 5.61.